The normalized spacial score (nSPS) is 19.5. The predicted molar refractivity (Wildman–Crippen MR) is 71.4 cm³/mol. The lowest BCUT2D eigenvalue weighted by Crippen LogP contribution is -2.32. The van der Waals surface area contributed by atoms with Gasteiger partial charge in [-0.15, -0.1) is 11.3 Å². The van der Waals surface area contributed by atoms with Gasteiger partial charge in [-0.3, -0.25) is 4.79 Å². The van der Waals surface area contributed by atoms with Crippen LogP contribution < -0.4 is 5.32 Å². The molecule has 1 fully saturated rings. The molecular weight excluding hydrogens is 256 g/mol. The molecule has 1 atom stereocenters. The van der Waals surface area contributed by atoms with Crippen LogP contribution in [0.4, 0.5) is 0 Å². The molecule has 2 rings (SSSR count). The van der Waals surface area contributed by atoms with E-state index in [9.17, 15) is 4.79 Å². The zero-order valence-corrected chi connectivity index (χ0v) is 11.5. The minimum atomic E-state index is 0.203. The van der Waals surface area contributed by atoms with E-state index in [2.05, 4.69) is 5.32 Å². The van der Waals surface area contributed by atoms with Crippen molar-refractivity contribution in [2.24, 2.45) is 0 Å². The summed E-state index contributed by atoms with van der Waals surface area (Å²) in [5.41, 5.74) is 0. The minimum Gasteiger partial charge on any atom is -0.341 e. The highest BCUT2D eigenvalue weighted by molar-refractivity contribution is 7.16. The molecule has 1 N–H and O–H groups in total. The predicted octanol–water partition coefficient (Wildman–Crippen LogP) is 2.50. The quantitative estimate of drug-likeness (QED) is 0.913. The third-order valence-corrected chi connectivity index (χ3v) is 4.25. The van der Waals surface area contributed by atoms with E-state index in [1.54, 1.807) is 4.90 Å². The van der Waals surface area contributed by atoms with Gasteiger partial charge >= 0.3 is 0 Å². The van der Waals surface area contributed by atoms with Crippen LogP contribution in [0.25, 0.3) is 0 Å². The summed E-state index contributed by atoms with van der Waals surface area (Å²) in [4.78, 5) is 14.9. The molecule has 0 aliphatic carbocycles. The summed E-state index contributed by atoms with van der Waals surface area (Å²) in [5.74, 6) is 0.203. The fourth-order valence-corrected chi connectivity index (χ4v) is 3.20. The van der Waals surface area contributed by atoms with Crippen LogP contribution in [0.5, 0.6) is 0 Å². The maximum atomic E-state index is 12.0. The van der Waals surface area contributed by atoms with Gasteiger partial charge in [-0.05, 0) is 31.5 Å². The SMILES string of the molecule is CN(Cc1ccc(Cl)s1)C(=O)CC1CCCN1. The third-order valence-electron chi connectivity index (χ3n) is 3.03. The first kappa shape index (κ1) is 12.9. The summed E-state index contributed by atoms with van der Waals surface area (Å²) in [7, 11) is 1.85. The lowest BCUT2D eigenvalue weighted by Gasteiger charge is -2.18. The van der Waals surface area contributed by atoms with Gasteiger partial charge < -0.3 is 10.2 Å². The number of hydrogen-bond donors (Lipinski definition) is 1. The molecule has 2 heterocycles. The minimum absolute atomic E-state index is 0.203. The van der Waals surface area contributed by atoms with Crippen LogP contribution in [0, 0.1) is 0 Å². The number of halogens is 1. The zero-order chi connectivity index (χ0) is 12.3. The van der Waals surface area contributed by atoms with Gasteiger partial charge in [0.05, 0.1) is 10.9 Å². The maximum absolute atomic E-state index is 12.0. The van der Waals surface area contributed by atoms with E-state index in [-0.39, 0.29) is 5.91 Å². The topological polar surface area (TPSA) is 32.3 Å². The van der Waals surface area contributed by atoms with E-state index in [1.165, 1.54) is 17.8 Å². The monoisotopic (exact) mass is 272 g/mol. The van der Waals surface area contributed by atoms with Crippen molar-refractivity contribution in [2.45, 2.75) is 31.8 Å². The molecule has 94 valence electrons. The Morgan fingerprint density at radius 2 is 2.47 bits per heavy atom. The Balaban J connectivity index is 1.82. The highest BCUT2D eigenvalue weighted by atomic mass is 35.5. The van der Waals surface area contributed by atoms with Crippen molar-refractivity contribution in [3.8, 4) is 0 Å². The summed E-state index contributed by atoms with van der Waals surface area (Å²) in [6, 6.07) is 4.22. The molecule has 0 bridgehead atoms. The summed E-state index contributed by atoms with van der Waals surface area (Å²) in [5, 5.41) is 3.34. The molecule has 5 heteroatoms. The molecule has 3 nitrogen and oxygen atoms in total. The second-order valence-electron chi connectivity index (χ2n) is 4.45. The molecule has 0 spiro atoms. The largest absolute Gasteiger partial charge is 0.341 e. The van der Waals surface area contributed by atoms with Crippen LogP contribution in [0.2, 0.25) is 4.34 Å². The van der Waals surface area contributed by atoms with Gasteiger partial charge in [-0.2, -0.15) is 0 Å². The second-order valence-corrected chi connectivity index (χ2v) is 6.25. The molecule has 0 saturated carbocycles. The number of hydrogen-bond acceptors (Lipinski definition) is 3. The lowest BCUT2D eigenvalue weighted by atomic mass is 10.1. The van der Waals surface area contributed by atoms with Gasteiger partial charge in [0.15, 0.2) is 0 Å². The first-order chi connectivity index (χ1) is 8.15. The van der Waals surface area contributed by atoms with Crippen molar-refractivity contribution in [3.63, 3.8) is 0 Å². The van der Waals surface area contributed by atoms with Crippen molar-refractivity contribution < 1.29 is 4.79 Å². The summed E-state index contributed by atoms with van der Waals surface area (Å²) in [6.45, 7) is 1.70. The fourth-order valence-electron chi connectivity index (χ4n) is 2.06. The van der Waals surface area contributed by atoms with E-state index in [4.69, 9.17) is 11.6 Å². The summed E-state index contributed by atoms with van der Waals surface area (Å²) < 4.78 is 0.776. The number of amides is 1. The molecular formula is C12H17ClN2OS. The smallest absolute Gasteiger partial charge is 0.224 e. The number of thiophene rings is 1. The molecule has 1 aliphatic heterocycles. The molecule has 1 aliphatic rings. The molecule has 17 heavy (non-hydrogen) atoms. The van der Waals surface area contributed by atoms with Crippen molar-refractivity contribution in [2.75, 3.05) is 13.6 Å². The highest BCUT2D eigenvalue weighted by Gasteiger charge is 2.20. The Morgan fingerprint density at radius 1 is 1.65 bits per heavy atom. The van der Waals surface area contributed by atoms with Crippen LogP contribution in [0.1, 0.15) is 24.1 Å². The van der Waals surface area contributed by atoms with Gasteiger partial charge in [0, 0.05) is 24.4 Å². The fraction of sp³-hybridized carbons (Fsp3) is 0.583. The molecule has 0 aromatic carbocycles. The standard InChI is InChI=1S/C12H17ClN2OS/c1-15(8-10-4-5-11(13)17-10)12(16)7-9-3-2-6-14-9/h4-5,9,14H,2-3,6-8H2,1H3. The van der Waals surface area contributed by atoms with Gasteiger partial charge in [0.2, 0.25) is 5.91 Å². The van der Waals surface area contributed by atoms with Crippen molar-refractivity contribution >= 4 is 28.8 Å². The number of nitrogens with zero attached hydrogens (tertiary/aromatic N) is 1. The van der Waals surface area contributed by atoms with E-state index in [0.717, 1.165) is 22.2 Å². The Morgan fingerprint density at radius 3 is 3.06 bits per heavy atom. The highest BCUT2D eigenvalue weighted by Crippen LogP contribution is 2.22. The Hall–Kier alpha value is -0.580. The zero-order valence-electron chi connectivity index (χ0n) is 9.91. The second kappa shape index (κ2) is 5.85. The van der Waals surface area contributed by atoms with E-state index in [1.807, 2.05) is 19.2 Å². The maximum Gasteiger partial charge on any atom is 0.224 e. The van der Waals surface area contributed by atoms with E-state index >= 15 is 0 Å². The molecule has 1 aromatic heterocycles. The third kappa shape index (κ3) is 3.69. The Bertz CT molecular complexity index is 388. The van der Waals surface area contributed by atoms with E-state index < -0.39 is 0 Å². The van der Waals surface area contributed by atoms with Gasteiger partial charge in [0.25, 0.3) is 0 Å². The van der Waals surface area contributed by atoms with Gasteiger partial charge in [-0.25, -0.2) is 0 Å². The van der Waals surface area contributed by atoms with Crippen LogP contribution in [-0.4, -0.2) is 30.4 Å². The van der Waals surface area contributed by atoms with Crippen LogP contribution >= 0.6 is 22.9 Å². The van der Waals surface area contributed by atoms with Crippen molar-refractivity contribution in [1.82, 2.24) is 10.2 Å². The average molecular weight is 273 g/mol. The molecule has 1 aromatic rings. The van der Waals surface area contributed by atoms with Gasteiger partial charge in [0.1, 0.15) is 0 Å². The average Bonchev–Trinajstić information content (AvgIpc) is 2.90. The molecule has 1 unspecified atom stereocenters. The molecule has 1 amide bonds. The Kier molecular flexibility index (Phi) is 4.42. The number of nitrogens with one attached hydrogen (secondary N) is 1. The summed E-state index contributed by atoms with van der Waals surface area (Å²) >= 11 is 7.40. The van der Waals surface area contributed by atoms with E-state index in [0.29, 0.717) is 19.0 Å². The molecule has 1 saturated heterocycles. The number of carbonyl (C=O) groups excluding carboxylic acids is 1. The van der Waals surface area contributed by atoms with Crippen LogP contribution in [-0.2, 0) is 11.3 Å². The van der Waals surface area contributed by atoms with Crippen LogP contribution in [0.15, 0.2) is 12.1 Å². The van der Waals surface area contributed by atoms with Crippen molar-refractivity contribution in [3.05, 3.63) is 21.3 Å². The first-order valence-electron chi connectivity index (χ1n) is 5.86. The molecule has 0 radical (unpaired) electrons. The summed E-state index contributed by atoms with van der Waals surface area (Å²) in [6.07, 6.45) is 2.90. The number of carbonyl (C=O) groups is 1. The number of rotatable bonds is 4. The van der Waals surface area contributed by atoms with Crippen molar-refractivity contribution in [1.29, 1.82) is 0 Å². The van der Waals surface area contributed by atoms with Gasteiger partial charge in [-0.1, -0.05) is 11.6 Å². The Labute approximate surface area is 111 Å². The lowest BCUT2D eigenvalue weighted by molar-refractivity contribution is -0.130. The van der Waals surface area contributed by atoms with Crippen LogP contribution in [0.3, 0.4) is 0 Å². The first-order valence-corrected chi connectivity index (χ1v) is 7.06.